The number of aromatic amines is 1. The second-order valence-corrected chi connectivity index (χ2v) is 5.95. The first-order valence-electron chi connectivity index (χ1n) is 8.34. The lowest BCUT2D eigenvalue weighted by Gasteiger charge is -2.12. The van der Waals surface area contributed by atoms with Crippen LogP contribution in [0.25, 0.3) is 0 Å². The van der Waals surface area contributed by atoms with Gasteiger partial charge in [0.05, 0.1) is 27.5 Å². The first-order chi connectivity index (χ1) is 13.7. The van der Waals surface area contributed by atoms with Gasteiger partial charge in [-0.15, -0.1) is 0 Å². The number of H-pyrrole nitrogens is 1. The quantitative estimate of drug-likeness (QED) is 0.461. The SMILES string of the molecule is COc1cc(/C=N/n2c(COc3ccccc3)n[nH]c2=S)cc(OC)c1OC. The molecule has 0 saturated heterocycles. The molecule has 0 saturated carbocycles. The molecule has 0 radical (unpaired) electrons. The number of hydrogen-bond donors (Lipinski definition) is 1. The highest BCUT2D eigenvalue weighted by atomic mass is 32.1. The highest BCUT2D eigenvalue weighted by Gasteiger charge is 2.13. The number of para-hydroxylation sites is 1. The number of aromatic nitrogens is 3. The zero-order valence-electron chi connectivity index (χ0n) is 15.7. The molecule has 0 aliphatic heterocycles. The van der Waals surface area contributed by atoms with Crippen molar-refractivity contribution >= 4 is 18.4 Å². The van der Waals surface area contributed by atoms with Gasteiger partial charge in [0.25, 0.3) is 0 Å². The maximum Gasteiger partial charge on any atom is 0.216 e. The second-order valence-electron chi connectivity index (χ2n) is 5.56. The van der Waals surface area contributed by atoms with Gasteiger partial charge in [-0.05, 0) is 36.5 Å². The minimum Gasteiger partial charge on any atom is -0.493 e. The summed E-state index contributed by atoms with van der Waals surface area (Å²) in [6.07, 6.45) is 1.63. The molecule has 0 spiro atoms. The molecule has 3 aromatic rings. The van der Waals surface area contributed by atoms with Gasteiger partial charge < -0.3 is 18.9 Å². The van der Waals surface area contributed by atoms with Crippen LogP contribution >= 0.6 is 12.2 Å². The van der Waals surface area contributed by atoms with E-state index in [-0.39, 0.29) is 6.61 Å². The minimum atomic E-state index is 0.212. The maximum atomic E-state index is 5.72. The molecule has 0 fully saturated rings. The molecule has 146 valence electrons. The third-order valence-corrected chi connectivity index (χ3v) is 4.10. The zero-order chi connectivity index (χ0) is 19.9. The van der Waals surface area contributed by atoms with Gasteiger partial charge in [0.1, 0.15) is 12.4 Å². The van der Waals surface area contributed by atoms with Crippen molar-refractivity contribution in [3.63, 3.8) is 0 Å². The van der Waals surface area contributed by atoms with Crippen LogP contribution in [-0.2, 0) is 6.61 Å². The van der Waals surface area contributed by atoms with E-state index in [4.69, 9.17) is 31.2 Å². The summed E-state index contributed by atoms with van der Waals surface area (Å²) in [6, 6.07) is 13.0. The zero-order valence-corrected chi connectivity index (χ0v) is 16.5. The third-order valence-electron chi connectivity index (χ3n) is 3.84. The maximum absolute atomic E-state index is 5.72. The lowest BCUT2D eigenvalue weighted by Crippen LogP contribution is -2.04. The summed E-state index contributed by atoms with van der Waals surface area (Å²) in [7, 11) is 4.67. The van der Waals surface area contributed by atoms with Crippen LogP contribution in [-0.4, -0.2) is 42.4 Å². The van der Waals surface area contributed by atoms with E-state index in [0.29, 0.717) is 27.8 Å². The molecular formula is C19H20N4O4S. The average molecular weight is 400 g/mol. The first kappa shape index (κ1) is 19.4. The Balaban J connectivity index is 1.85. The van der Waals surface area contributed by atoms with E-state index < -0.39 is 0 Å². The summed E-state index contributed by atoms with van der Waals surface area (Å²) in [5.74, 6) is 2.85. The number of nitrogens with one attached hydrogen (secondary N) is 1. The monoisotopic (exact) mass is 400 g/mol. The molecule has 1 heterocycles. The lowest BCUT2D eigenvalue weighted by atomic mass is 10.2. The Morgan fingerprint density at radius 2 is 1.75 bits per heavy atom. The molecule has 0 unspecified atom stereocenters. The van der Waals surface area contributed by atoms with Crippen molar-refractivity contribution < 1.29 is 18.9 Å². The number of rotatable bonds is 8. The molecule has 0 bridgehead atoms. The van der Waals surface area contributed by atoms with Gasteiger partial charge in [-0.3, -0.25) is 0 Å². The Bertz CT molecular complexity index is 989. The van der Waals surface area contributed by atoms with Crippen molar-refractivity contribution in [3.8, 4) is 23.0 Å². The van der Waals surface area contributed by atoms with Gasteiger partial charge in [0.15, 0.2) is 17.3 Å². The Kier molecular flexibility index (Phi) is 6.28. The van der Waals surface area contributed by atoms with Crippen LogP contribution in [0.15, 0.2) is 47.6 Å². The van der Waals surface area contributed by atoms with Gasteiger partial charge in [0, 0.05) is 5.56 Å². The molecule has 0 aliphatic rings. The average Bonchev–Trinajstić information content (AvgIpc) is 3.09. The standard InChI is InChI=1S/C19H20N4O4S/c1-24-15-9-13(10-16(25-2)18(15)26-3)11-20-23-17(21-22-19(23)28)12-27-14-7-5-4-6-8-14/h4-11H,12H2,1-3H3,(H,22,28)/b20-11+. The Labute approximate surface area is 167 Å². The summed E-state index contributed by atoms with van der Waals surface area (Å²) in [5, 5.41) is 11.3. The molecule has 0 atom stereocenters. The van der Waals surface area contributed by atoms with E-state index in [0.717, 1.165) is 11.3 Å². The predicted molar refractivity (Wildman–Crippen MR) is 107 cm³/mol. The number of hydrogen-bond acceptors (Lipinski definition) is 7. The van der Waals surface area contributed by atoms with E-state index in [1.54, 1.807) is 39.7 Å². The van der Waals surface area contributed by atoms with Crippen LogP contribution in [0.4, 0.5) is 0 Å². The van der Waals surface area contributed by atoms with Crippen molar-refractivity contribution in [2.24, 2.45) is 5.10 Å². The van der Waals surface area contributed by atoms with E-state index >= 15 is 0 Å². The summed E-state index contributed by atoms with van der Waals surface area (Å²) in [5.41, 5.74) is 0.743. The van der Waals surface area contributed by atoms with Crippen molar-refractivity contribution in [1.29, 1.82) is 0 Å². The van der Waals surface area contributed by atoms with Crippen molar-refractivity contribution in [2.45, 2.75) is 6.61 Å². The molecule has 1 aromatic heterocycles. The topological polar surface area (TPSA) is 82.9 Å². The Hall–Kier alpha value is -3.33. The number of methoxy groups -OCH3 is 3. The highest BCUT2D eigenvalue weighted by molar-refractivity contribution is 7.71. The van der Waals surface area contributed by atoms with Crippen molar-refractivity contribution in [3.05, 3.63) is 58.6 Å². The highest BCUT2D eigenvalue weighted by Crippen LogP contribution is 2.37. The number of benzene rings is 2. The Morgan fingerprint density at radius 1 is 1.07 bits per heavy atom. The summed E-state index contributed by atoms with van der Waals surface area (Å²) >= 11 is 5.26. The summed E-state index contributed by atoms with van der Waals surface area (Å²) in [4.78, 5) is 0. The molecular weight excluding hydrogens is 380 g/mol. The van der Waals surface area contributed by atoms with Gasteiger partial charge in [0.2, 0.25) is 10.5 Å². The smallest absolute Gasteiger partial charge is 0.216 e. The van der Waals surface area contributed by atoms with E-state index in [9.17, 15) is 0 Å². The fourth-order valence-corrected chi connectivity index (χ4v) is 2.70. The second kappa shape index (κ2) is 9.05. The van der Waals surface area contributed by atoms with Crippen LogP contribution in [0.2, 0.25) is 0 Å². The molecule has 9 heteroatoms. The van der Waals surface area contributed by atoms with Gasteiger partial charge in [-0.1, -0.05) is 18.2 Å². The van der Waals surface area contributed by atoms with Crippen LogP contribution in [0.5, 0.6) is 23.0 Å². The number of ether oxygens (including phenoxy) is 4. The molecule has 0 aliphatic carbocycles. The largest absolute Gasteiger partial charge is 0.493 e. The van der Waals surface area contributed by atoms with Crippen molar-refractivity contribution in [1.82, 2.24) is 14.9 Å². The van der Waals surface area contributed by atoms with Crippen molar-refractivity contribution in [2.75, 3.05) is 21.3 Å². The van der Waals surface area contributed by atoms with Crippen LogP contribution < -0.4 is 18.9 Å². The Morgan fingerprint density at radius 3 is 2.36 bits per heavy atom. The lowest BCUT2D eigenvalue weighted by molar-refractivity contribution is 0.290. The van der Waals surface area contributed by atoms with E-state index in [1.807, 2.05) is 30.3 Å². The van der Waals surface area contributed by atoms with E-state index in [1.165, 1.54) is 4.68 Å². The molecule has 8 nitrogen and oxygen atoms in total. The molecule has 0 amide bonds. The first-order valence-corrected chi connectivity index (χ1v) is 8.75. The molecule has 1 N–H and O–H groups in total. The van der Waals surface area contributed by atoms with Gasteiger partial charge in [-0.25, -0.2) is 5.10 Å². The van der Waals surface area contributed by atoms with Gasteiger partial charge >= 0.3 is 0 Å². The van der Waals surface area contributed by atoms with E-state index in [2.05, 4.69) is 15.3 Å². The summed E-state index contributed by atoms with van der Waals surface area (Å²) < 4.78 is 23.6. The molecule has 2 aromatic carbocycles. The summed E-state index contributed by atoms with van der Waals surface area (Å²) in [6.45, 7) is 0.212. The normalized spacial score (nSPS) is 10.8. The van der Waals surface area contributed by atoms with Crippen LogP contribution in [0, 0.1) is 4.77 Å². The van der Waals surface area contributed by atoms with Crippen LogP contribution in [0.1, 0.15) is 11.4 Å². The number of nitrogens with zero attached hydrogens (tertiary/aromatic N) is 3. The van der Waals surface area contributed by atoms with Gasteiger partial charge in [-0.2, -0.15) is 14.9 Å². The predicted octanol–water partition coefficient (Wildman–Crippen LogP) is 3.43. The fourth-order valence-electron chi connectivity index (χ4n) is 2.50. The fraction of sp³-hybridized carbons (Fsp3) is 0.211. The third kappa shape index (κ3) is 4.32. The molecule has 28 heavy (non-hydrogen) atoms. The molecule has 3 rings (SSSR count). The minimum absolute atomic E-state index is 0.212. The van der Waals surface area contributed by atoms with Crippen LogP contribution in [0.3, 0.4) is 0 Å².